The van der Waals surface area contributed by atoms with Crippen LogP contribution in [0.1, 0.15) is 5.69 Å². The summed E-state index contributed by atoms with van der Waals surface area (Å²) < 4.78 is 26.4. The van der Waals surface area contributed by atoms with E-state index in [2.05, 4.69) is 5.10 Å². The van der Waals surface area contributed by atoms with E-state index in [1.165, 1.54) is 0 Å². The minimum Gasteiger partial charge on any atom is -0.323 e. The Labute approximate surface area is 91.9 Å². The average molecular weight is 225 g/mol. The molecule has 0 fully saturated rings. The van der Waals surface area contributed by atoms with Crippen molar-refractivity contribution in [2.45, 2.75) is 18.9 Å². The van der Waals surface area contributed by atoms with Gasteiger partial charge in [-0.05, 0) is 6.07 Å². The normalized spacial score (nSPS) is 13.6. The molecular formula is C11H13F2N3. The first-order valence-electron chi connectivity index (χ1n) is 5.04. The lowest BCUT2D eigenvalue weighted by atomic mass is 10.1. The van der Waals surface area contributed by atoms with Gasteiger partial charge in [-0.15, -0.1) is 0 Å². The molecule has 86 valence electrons. The van der Waals surface area contributed by atoms with Gasteiger partial charge in [-0.2, -0.15) is 5.10 Å². The molecule has 0 aliphatic heterocycles. The second-order valence-electron chi connectivity index (χ2n) is 3.79. The minimum absolute atomic E-state index is 0.134. The number of fused-ring (bicyclic) bond motifs is 1. The van der Waals surface area contributed by atoms with Crippen molar-refractivity contribution >= 4 is 10.9 Å². The van der Waals surface area contributed by atoms with Crippen LogP contribution >= 0.6 is 0 Å². The molecule has 2 N–H and O–H groups in total. The van der Waals surface area contributed by atoms with Gasteiger partial charge in [0.05, 0.1) is 11.6 Å². The fourth-order valence-electron chi connectivity index (χ4n) is 1.76. The number of rotatable bonds is 3. The number of nitrogens with zero attached hydrogens (tertiary/aromatic N) is 2. The van der Waals surface area contributed by atoms with Crippen molar-refractivity contribution in [3.8, 4) is 0 Å². The zero-order valence-electron chi connectivity index (χ0n) is 8.90. The highest BCUT2D eigenvalue weighted by atomic mass is 19.3. The molecule has 0 aliphatic carbocycles. The zero-order chi connectivity index (χ0) is 11.7. The van der Waals surface area contributed by atoms with Crippen LogP contribution in [0.15, 0.2) is 24.3 Å². The van der Waals surface area contributed by atoms with Crippen LogP contribution < -0.4 is 5.73 Å². The van der Waals surface area contributed by atoms with Gasteiger partial charge in [0, 0.05) is 24.5 Å². The van der Waals surface area contributed by atoms with Crippen LogP contribution in [0.3, 0.4) is 0 Å². The number of hydrogen-bond donors (Lipinski definition) is 1. The number of halogens is 2. The summed E-state index contributed by atoms with van der Waals surface area (Å²) in [5.74, 6) is 0. The summed E-state index contributed by atoms with van der Waals surface area (Å²) in [5.41, 5.74) is 6.94. The summed E-state index contributed by atoms with van der Waals surface area (Å²) in [7, 11) is 1.74. The molecule has 1 heterocycles. The molecule has 0 bridgehead atoms. The standard InChI is InChI=1S/C11H13F2N3/c1-16-10(6-8(14)11(12)13)7-4-2-3-5-9(7)15-16/h2-5,8,11H,6,14H2,1H3. The van der Waals surface area contributed by atoms with Crippen LogP contribution in [0.2, 0.25) is 0 Å². The Morgan fingerprint density at radius 3 is 2.75 bits per heavy atom. The molecule has 1 atom stereocenters. The largest absolute Gasteiger partial charge is 0.323 e. The van der Waals surface area contributed by atoms with Crippen molar-refractivity contribution in [2.75, 3.05) is 0 Å². The molecule has 1 unspecified atom stereocenters. The predicted molar refractivity (Wildman–Crippen MR) is 58.4 cm³/mol. The van der Waals surface area contributed by atoms with Gasteiger partial charge in [0.15, 0.2) is 0 Å². The summed E-state index contributed by atoms with van der Waals surface area (Å²) in [6, 6.07) is 6.31. The molecule has 1 aromatic heterocycles. The third-order valence-electron chi connectivity index (χ3n) is 2.62. The van der Waals surface area contributed by atoms with Gasteiger partial charge in [-0.25, -0.2) is 8.78 Å². The van der Waals surface area contributed by atoms with Crippen LogP contribution in [0.5, 0.6) is 0 Å². The molecule has 16 heavy (non-hydrogen) atoms. The van der Waals surface area contributed by atoms with Crippen molar-refractivity contribution in [3.63, 3.8) is 0 Å². The zero-order valence-corrected chi connectivity index (χ0v) is 8.90. The summed E-state index contributed by atoms with van der Waals surface area (Å²) in [6.45, 7) is 0. The molecule has 0 radical (unpaired) electrons. The third kappa shape index (κ3) is 1.90. The first-order chi connectivity index (χ1) is 7.59. The Balaban J connectivity index is 2.40. The lowest BCUT2D eigenvalue weighted by Crippen LogP contribution is -2.31. The Bertz CT molecular complexity index is 493. The highest BCUT2D eigenvalue weighted by Gasteiger charge is 2.19. The number of hydrogen-bond acceptors (Lipinski definition) is 2. The van der Waals surface area contributed by atoms with Gasteiger partial charge in [0.25, 0.3) is 6.43 Å². The van der Waals surface area contributed by atoms with Crippen LogP contribution in [0.4, 0.5) is 8.78 Å². The molecule has 0 saturated heterocycles. The lowest BCUT2D eigenvalue weighted by molar-refractivity contribution is 0.115. The quantitative estimate of drug-likeness (QED) is 0.864. The van der Waals surface area contributed by atoms with Crippen molar-refractivity contribution < 1.29 is 8.78 Å². The van der Waals surface area contributed by atoms with E-state index < -0.39 is 12.5 Å². The summed E-state index contributed by atoms with van der Waals surface area (Å²) in [4.78, 5) is 0. The number of aromatic nitrogens is 2. The van der Waals surface area contributed by atoms with E-state index in [1.54, 1.807) is 11.7 Å². The summed E-state index contributed by atoms with van der Waals surface area (Å²) in [6.07, 6.45) is -2.37. The lowest BCUT2D eigenvalue weighted by Gasteiger charge is -2.10. The van der Waals surface area contributed by atoms with E-state index in [9.17, 15) is 8.78 Å². The number of alkyl halides is 2. The van der Waals surface area contributed by atoms with Crippen molar-refractivity contribution in [2.24, 2.45) is 12.8 Å². The van der Waals surface area contributed by atoms with Gasteiger partial charge in [0.2, 0.25) is 0 Å². The Morgan fingerprint density at radius 1 is 1.38 bits per heavy atom. The van der Waals surface area contributed by atoms with Crippen molar-refractivity contribution in [1.29, 1.82) is 0 Å². The van der Waals surface area contributed by atoms with Crippen molar-refractivity contribution in [3.05, 3.63) is 30.0 Å². The topological polar surface area (TPSA) is 43.8 Å². The maximum atomic E-state index is 12.4. The highest BCUT2D eigenvalue weighted by molar-refractivity contribution is 5.81. The fraction of sp³-hybridized carbons (Fsp3) is 0.364. The van der Waals surface area contributed by atoms with E-state index in [-0.39, 0.29) is 6.42 Å². The van der Waals surface area contributed by atoms with Crippen molar-refractivity contribution in [1.82, 2.24) is 9.78 Å². The molecular weight excluding hydrogens is 212 g/mol. The van der Waals surface area contributed by atoms with Crippen LogP contribution in [-0.4, -0.2) is 22.2 Å². The van der Waals surface area contributed by atoms with Gasteiger partial charge in [-0.1, -0.05) is 18.2 Å². The van der Waals surface area contributed by atoms with E-state index in [0.717, 1.165) is 16.6 Å². The minimum atomic E-state index is -2.51. The molecule has 0 saturated carbocycles. The smallest absolute Gasteiger partial charge is 0.253 e. The monoisotopic (exact) mass is 225 g/mol. The molecule has 0 spiro atoms. The Morgan fingerprint density at radius 2 is 2.06 bits per heavy atom. The first kappa shape index (κ1) is 11.0. The second kappa shape index (κ2) is 4.17. The van der Waals surface area contributed by atoms with E-state index in [4.69, 9.17) is 5.73 Å². The SMILES string of the molecule is Cn1nc2ccccc2c1CC(N)C(F)F. The first-order valence-corrected chi connectivity index (χ1v) is 5.04. The maximum Gasteiger partial charge on any atom is 0.253 e. The maximum absolute atomic E-state index is 12.4. The molecule has 2 rings (SSSR count). The molecule has 3 nitrogen and oxygen atoms in total. The van der Waals surface area contributed by atoms with E-state index >= 15 is 0 Å². The molecule has 0 amide bonds. The van der Waals surface area contributed by atoms with Gasteiger partial charge in [0.1, 0.15) is 0 Å². The fourth-order valence-corrected chi connectivity index (χ4v) is 1.76. The summed E-state index contributed by atoms with van der Waals surface area (Å²) >= 11 is 0. The second-order valence-corrected chi connectivity index (χ2v) is 3.79. The molecule has 0 aliphatic rings. The summed E-state index contributed by atoms with van der Waals surface area (Å²) in [5, 5.41) is 5.13. The average Bonchev–Trinajstić information content (AvgIpc) is 2.55. The highest BCUT2D eigenvalue weighted by Crippen LogP contribution is 2.19. The number of benzene rings is 1. The number of aryl methyl sites for hydroxylation is 1. The van der Waals surface area contributed by atoms with Crippen LogP contribution in [-0.2, 0) is 13.5 Å². The van der Waals surface area contributed by atoms with Crippen LogP contribution in [0, 0.1) is 0 Å². The Hall–Kier alpha value is -1.49. The molecule has 1 aromatic carbocycles. The van der Waals surface area contributed by atoms with Crippen LogP contribution in [0.25, 0.3) is 10.9 Å². The van der Waals surface area contributed by atoms with Gasteiger partial charge in [-0.3, -0.25) is 4.68 Å². The third-order valence-corrected chi connectivity index (χ3v) is 2.62. The van der Waals surface area contributed by atoms with E-state index in [1.807, 2.05) is 24.3 Å². The van der Waals surface area contributed by atoms with Gasteiger partial charge < -0.3 is 5.73 Å². The molecule has 5 heteroatoms. The number of nitrogens with two attached hydrogens (primary N) is 1. The van der Waals surface area contributed by atoms with E-state index in [0.29, 0.717) is 0 Å². The van der Waals surface area contributed by atoms with Gasteiger partial charge >= 0.3 is 0 Å². The predicted octanol–water partition coefficient (Wildman–Crippen LogP) is 1.71. The molecule has 2 aromatic rings. The Kier molecular flexibility index (Phi) is 2.87.